The maximum absolute atomic E-state index is 13.1. The largest absolute Gasteiger partial charge is 0.447 e. The third-order valence-electron chi connectivity index (χ3n) is 4.90. The number of carbonyl (C=O) groups excluding carboxylic acids is 2. The van der Waals surface area contributed by atoms with Gasteiger partial charge in [-0.15, -0.1) is 0 Å². The maximum Gasteiger partial charge on any atom is 0.414 e. The second kappa shape index (κ2) is 8.42. The summed E-state index contributed by atoms with van der Waals surface area (Å²) in [6.45, 7) is 1.86. The van der Waals surface area contributed by atoms with Gasteiger partial charge in [-0.2, -0.15) is 4.31 Å². The number of hydrogen-bond donors (Lipinski definition) is 1. The number of anilines is 2. The van der Waals surface area contributed by atoms with Crippen molar-refractivity contribution in [3.8, 4) is 0 Å². The molecule has 2 fully saturated rings. The van der Waals surface area contributed by atoms with Crippen LogP contribution in [0.4, 0.5) is 16.2 Å². The molecule has 0 radical (unpaired) electrons. The van der Waals surface area contributed by atoms with Crippen molar-refractivity contribution in [1.82, 2.24) is 4.31 Å². The topological polar surface area (TPSA) is 105 Å². The molecule has 2 heterocycles. The lowest BCUT2D eigenvalue weighted by molar-refractivity contribution is 0.0730. The summed E-state index contributed by atoms with van der Waals surface area (Å²) >= 11 is 0. The minimum atomic E-state index is -3.84. The normalized spacial score (nSPS) is 17.6. The molecule has 2 amide bonds. The van der Waals surface area contributed by atoms with Gasteiger partial charge in [-0.25, -0.2) is 13.2 Å². The van der Waals surface area contributed by atoms with Crippen molar-refractivity contribution in [2.45, 2.75) is 4.90 Å². The number of morpholine rings is 1. The lowest BCUT2D eigenvalue weighted by Gasteiger charge is -2.26. The average molecular weight is 431 g/mol. The number of cyclic esters (lactones) is 1. The standard InChI is InChI=1S/C20H21N3O6S/c24-19(21-15-4-3-5-16(14-15)23-10-13-29-20(23)25)17-6-1-2-7-18(17)30(26,27)22-8-11-28-12-9-22/h1-7,14H,8-13H2,(H,21,24). The van der Waals surface area contributed by atoms with E-state index < -0.39 is 22.0 Å². The van der Waals surface area contributed by atoms with Crippen LogP contribution in [0.15, 0.2) is 53.4 Å². The highest BCUT2D eigenvalue weighted by Crippen LogP contribution is 2.25. The van der Waals surface area contributed by atoms with Crippen molar-refractivity contribution in [2.75, 3.05) is 49.7 Å². The Morgan fingerprint density at radius 3 is 2.47 bits per heavy atom. The van der Waals surface area contributed by atoms with Gasteiger partial charge in [-0.05, 0) is 30.3 Å². The summed E-state index contributed by atoms with van der Waals surface area (Å²) in [5.74, 6) is -0.552. The van der Waals surface area contributed by atoms with Gasteiger partial charge < -0.3 is 14.8 Å². The Balaban J connectivity index is 1.58. The fourth-order valence-electron chi connectivity index (χ4n) is 3.38. The second-order valence-corrected chi connectivity index (χ2v) is 8.69. The third-order valence-corrected chi connectivity index (χ3v) is 6.85. The van der Waals surface area contributed by atoms with Crippen LogP contribution in [0.3, 0.4) is 0 Å². The number of ether oxygens (including phenoxy) is 2. The van der Waals surface area contributed by atoms with Gasteiger partial charge in [0.05, 0.1) is 30.2 Å². The Hall–Kier alpha value is -2.95. The molecule has 2 saturated heterocycles. The molecule has 4 rings (SSSR count). The zero-order valence-corrected chi connectivity index (χ0v) is 16.9. The van der Waals surface area contributed by atoms with E-state index in [1.54, 1.807) is 36.4 Å². The number of nitrogens with one attached hydrogen (secondary N) is 1. The number of carbonyl (C=O) groups is 2. The average Bonchev–Trinajstić information content (AvgIpc) is 3.20. The van der Waals surface area contributed by atoms with Crippen LogP contribution in [0.25, 0.3) is 0 Å². The Morgan fingerprint density at radius 2 is 1.73 bits per heavy atom. The molecule has 0 aromatic heterocycles. The summed E-state index contributed by atoms with van der Waals surface area (Å²) in [6, 6.07) is 12.9. The van der Waals surface area contributed by atoms with Crippen LogP contribution in [0, 0.1) is 0 Å². The first-order valence-corrected chi connectivity index (χ1v) is 10.9. The predicted octanol–water partition coefficient (Wildman–Crippen LogP) is 1.92. The highest BCUT2D eigenvalue weighted by molar-refractivity contribution is 7.89. The van der Waals surface area contributed by atoms with Crippen molar-refractivity contribution in [3.05, 3.63) is 54.1 Å². The Labute approximate surface area is 174 Å². The zero-order valence-electron chi connectivity index (χ0n) is 16.1. The highest BCUT2D eigenvalue weighted by Gasteiger charge is 2.30. The quantitative estimate of drug-likeness (QED) is 0.776. The first-order valence-electron chi connectivity index (χ1n) is 9.49. The molecule has 0 bridgehead atoms. The minimum Gasteiger partial charge on any atom is -0.447 e. The van der Waals surface area contributed by atoms with E-state index in [1.807, 2.05) is 0 Å². The summed E-state index contributed by atoms with van der Waals surface area (Å²) < 4.78 is 37.6. The van der Waals surface area contributed by atoms with E-state index in [0.717, 1.165) is 0 Å². The number of amides is 2. The van der Waals surface area contributed by atoms with Crippen LogP contribution >= 0.6 is 0 Å². The van der Waals surface area contributed by atoms with Crippen LogP contribution in [0.1, 0.15) is 10.4 Å². The molecule has 0 saturated carbocycles. The lowest BCUT2D eigenvalue weighted by atomic mass is 10.2. The van der Waals surface area contributed by atoms with Crippen LogP contribution in [0.2, 0.25) is 0 Å². The molecule has 0 atom stereocenters. The molecular weight excluding hydrogens is 410 g/mol. The van der Waals surface area contributed by atoms with E-state index in [0.29, 0.717) is 37.7 Å². The van der Waals surface area contributed by atoms with E-state index in [1.165, 1.54) is 21.3 Å². The molecule has 2 aromatic carbocycles. The van der Waals surface area contributed by atoms with Gasteiger partial charge in [0, 0.05) is 24.5 Å². The molecule has 2 aliphatic heterocycles. The van der Waals surface area contributed by atoms with Crippen LogP contribution in [-0.2, 0) is 19.5 Å². The van der Waals surface area contributed by atoms with Crippen LogP contribution < -0.4 is 10.2 Å². The first-order chi connectivity index (χ1) is 14.5. The van der Waals surface area contributed by atoms with Gasteiger partial charge in [-0.1, -0.05) is 18.2 Å². The smallest absolute Gasteiger partial charge is 0.414 e. The van der Waals surface area contributed by atoms with Crippen LogP contribution in [-0.4, -0.2) is 64.2 Å². The third kappa shape index (κ3) is 4.02. The van der Waals surface area contributed by atoms with Crippen molar-refractivity contribution < 1.29 is 27.5 Å². The van der Waals surface area contributed by atoms with Gasteiger partial charge >= 0.3 is 6.09 Å². The molecule has 30 heavy (non-hydrogen) atoms. The fraction of sp³-hybridized carbons (Fsp3) is 0.300. The molecule has 1 N–H and O–H groups in total. The SMILES string of the molecule is O=C(Nc1cccc(N2CCOC2=O)c1)c1ccccc1S(=O)(=O)N1CCOCC1. The summed E-state index contributed by atoms with van der Waals surface area (Å²) in [4.78, 5) is 26.1. The van der Waals surface area contributed by atoms with E-state index >= 15 is 0 Å². The fourth-order valence-corrected chi connectivity index (χ4v) is 4.98. The molecule has 2 aliphatic rings. The van der Waals surface area contributed by atoms with Crippen molar-refractivity contribution in [2.24, 2.45) is 0 Å². The molecule has 158 valence electrons. The number of nitrogens with zero attached hydrogens (tertiary/aromatic N) is 2. The van der Waals surface area contributed by atoms with Gasteiger partial charge in [0.15, 0.2) is 0 Å². The Bertz CT molecular complexity index is 1070. The molecule has 9 nitrogen and oxygen atoms in total. The van der Waals surface area contributed by atoms with E-state index in [2.05, 4.69) is 5.32 Å². The van der Waals surface area contributed by atoms with Crippen molar-refractivity contribution >= 4 is 33.4 Å². The first kappa shape index (κ1) is 20.3. The van der Waals surface area contributed by atoms with E-state index in [-0.39, 0.29) is 23.5 Å². The molecule has 0 aliphatic carbocycles. The molecule has 0 unspecified atom stereocenters. The van der Waals surface area contributed by atoms with E-state index in [4.69, 9.17) is 9.47 Å². The molecule has 2 aromatic rings. The summed E-state index contributed by atoms with van der Waals surface area (Å²) in [5, 5.41) is 2.73. The van der Waals surface area contributed by atoms with Gasteiger partial charge in [0.25, 0.3) is 5.91 Å². The Morgan fingerprint density at radius 1 is 0.967 bits per heavy atom. The molecule has 10 heteroatoms. The van der Waals surface area contributed by atoms with Gasteiger partial charge in [0.2, 0.25) is 10.0 Å². The summed E-state index contributed by atoms with van der Waals surface area (Å²) in [7, 11) is -3.84. The number of hydrogen-bond acceptors (Lipinski definition) is 6. The monoisotopic (exact) mass is 431 g/mol. The van der Waals surface area contributed by atoms with Crippen LogP contribution in [0.5, 0.6) is 0 Å². The zero-order chi connectivity index (χ0) is 21.1. The number of rotatable bonds is 5. The van der Waals surface area contributed by atoms with Gasteiger partial charge in [0.1, 0.15) is 6.61 Å². The summed E-state index contributed by atoms with van der Waals surface area (Å²) in [6.07, 6.45) is -0.444. The second-order valence-electron chi connectivity index (χ2n) is 6.78. The Kier molecular flexibility index (Phi) is 5.71. The molecular formula is C20H21N3O6S. The summed E-state index contributed by atoms with van der Waals surface area (Å²) in [5.41, 5.74) is 1.08. The predicted molar refractivity (Wildman–Crippen MR) is 109 cm³/mol. The highest BCUT2D eigenvalue weighted by atomic mass is 32.2. The number of benzene rings is 2. The van der Waals surface area contributed by atoms with E-state index in [9.17, 15) is 18.0 Å². The van der Waals surface area contributed by atoms with Crippen molar-refractivity contribution in [3.63, 3.8) is 0 Å². The van der Waals surface area contributed by atoms with Crippen molar-refractivity contribution in [1.29, 1.82) is 0 Å². The minimum absolute atomic E-state index is 0.0509. The van der Waals surface area contributed by atoms with Gasteiger partial charge in [-0.3, -0.25) is 9.69 Å². The maximum atomic E-state index is 13.1. The lowest BCUT2D eigenvalue weighted by Crippen LogP contribution is -2.41. The molecule has 0 spiro atoms. The number of sulfonamides is 1.